The zero-order chi connectivity index (χ0) is 13.7. The van der Waals surface area contributed by atoms with Gasteiger partial charge in [-0.25, -0.2) is 9.78 Å². The molecule has 5 heteroatoms. The van der Waals surface area contributed by atoms with Crippen molar-refractivity contribution in [2.75, 3.05) is 25.6 Å². The van der Waals surface area contributed by atoms with E-state index in [4.69, 9.17) is 4.74 Å². The first-order chi connectivity index (χ1) is 9.22. The molecule has 0 amide bonds. The number of anilines is 1. The number of aryl methyl sites for hydroxylation is 2. The summed E-state index contributed by atoms with van der Waals surface area (Å²) in [5.41, 5.74) is 2.42. The van der Waals surface area contributed by atoms with E-state index in [1.54, 1.807) is 13.2 Å². The second kappa shape index (κ2) is 6.52. The molecule has 1 aromatic rings. The van der Waals surface area contributed by atoms with Gasteiger partial charge < -0.3 is 15.2 Å². The summed E-state index contributed by atoms with van der Waals surface area (Å²) in [6.45, 7) is 1.44. The average Bonchev–Trinajstić information content (AvgIpc) is 2.84. The van der Waals surface area contributed by atoms with Crippen LogP contribution >= 0.6 is 0 Å². The standard InChI is InChI=1S/C14H20N2O3/c1-19-8-3-2-7-15-13-11(14(17)18)9-10-5-4-6-12(10)16-13/h9H,2-8H2,1H3,(H,15,16)(H,17,18). The molecule has 0 unspecified atom stereocenters. The number of pyridine rings is 1. The number of carbonyl (C=O) groups is 1. The molecule has 19 heavy (non-hydrogen) atoms. The van der Waals surface area contributed by atoms with E-state index in [1.165, 1.54) is 0 Å². The van der Waals surface area contributed by atoms with Crippen LogP contribution in [0.2, 0.25) is 0 Å². The predicted molar refractivity (Wildman–Crippen MR) is 72.8 cm³/mol. The second-order valence-electron chi connectivity index (χ2n) is 4.78. The number of methoxy groups -OCH3 is 1. The number of unbranched alkanes of at least 4 members (excludes halogenated alkanes) is 1. The third-order valence-electron chi connectivity index (χ3n) is 3.35. The van der Waals surface area contributed by atoms with Crippen LogP contribution in [0.5, 0.6) is 0 Å². The summed E-state index contributed by atoms with van der Waals surface area (Å²) in [5.74, 6) is -0.410. The first-order valence-electron chi connectivity index (χ1n) is 6.71. The van der Waals surface area contributed by atoms with Gasteiger partial charge in [0.2, 0.25) is 0 Å². The highest BCUT2D eigenvalue weighted by molar-refractivity contribution is 5.93. The van der Waals surface area contributed by atoms with Gasteiger partial charge in [0.1, 0.15) is 11.4 Å². The van der Waals surface area contributed by atoms with Crippen LogP contribution in [0.3, 0.4) is 0 Å². The van der Waals surface area contributed by atoms with Crippen LogP contribution < -0.4 is 5.32 Å². The number of fused-ring (bicyclic) bond motifs is 1. The van der Waals surface area contributed by atoms with Crippen LogP contribution in [-0.4, -0.2) is 36.3 Å². The zero-order valence-corrected chi connectivity index (χ0v) is 11.2. The Labute approximate surface area is 113 Å². The Morgan fingerprint density at radius 3 is 3.05 bits per heavy atom. The summed E-state index contributed by atoms with van der Waals surface area (Å²) in [6, 6.07) is 1.77. The van der Waals surface area contributed by atoms with Crippen LogP contribution in [0.15, 0.2) is 6.07 Å². The summed E-state index contributed by atoms with van der Waals surface area (Å²) >= 11 is 0. The predicted octanol–water partition coefficient (Wildman–Crippen LogP) is 2.11. The Kier molecular flexibility index (Phi) is 4.74. The van der Waals surface area contributed by atoms with Crippen LogP contribution in [0.25, 0.3) is 0 Å². The Morgan fingerprint density at radius 2 is 2.32 bits per heavy atom. The van der Waals surface area contributed by atoms with E-state index in [1.807, 2.05) is 0 Å². The largest absolute Gasteiger partial charge is 0.478 e. The van der Waals surface area contributed by atoms with E-state index in [9.17, 15) is 9.90 Å². The number of carboxylic acid groups (broad SMARTS) is 1. The maximum Gasteiger partial charge on any atom is 0.339 e. The van der Waals surface area contributed by atoms with Crippen LogP contribution in [0.4, 0.5) is 5.82 Å². The van der Waals surface area contributed by atoms with Gasteiger partial charge in [0.15, 0.2) is 0 Å². The maximum atomic E-state index is 11.3. The van der Waals surface area contributed by atoms with Crippen molar-refractivity contribution in [3.8, 4) is 0 Å². The maximum absolute atomic E-state index is 11.3. The highest BCUT2D eigenvalue weighted by Gasteiger charge is 2.19. The molecule has 0 saturated carbocycles. The van der Waals surface area contributed by atoms with Crippen molar-refractivity contribution in [1.82, 2.24) is 4.98 Å². The SMILES string of the molecule is COCCCCNc1nc2c(cc1C(=O)O)CCC2. The second-order valence-corrected chi connectivity index (χ2v) is 4.78. The van der Waals surface area contributed by atoms with Crippen molar-refractivity contribution in [2.24, 2.45) is 0 Å². The van der Waals surface area contributed by atoms with Gasteiger partial charge >= 0.3 is 5.97 Å². The van der Waals surface area contributed by atoms with E-state index in [0.717, 1.165) is 56.5 Å². The molecule has 1 aliphatic rings. The number of aromatic nitrogens is 1. The highest BCUT2D eigenvalue weighted by Crippen LogP contribution is 2.25. The minimum atomic E-state index is -0.915. The van der Waals surface area contributed by atoms with Gasteiger partial charge in [-0.2, -0.15) is 0 Å². The third-order valence-corrected chi connectivity index (χ3v) is 3.35. The number of nitrogens with one attached hydrogen (secondary N) is 1. The Hall–Kier alpha value is -1.62. The molecule has 0 radical (unpaired) electrons. The van der Waals surface area contributed by atoms with E-state index in [-0.39, 0.29) is 5.56 Å². The molecule has 1 aliphatic carbocycles. The summed E-state index contributed by atoms with van der Waals surface area (Å²) in [6.07, 6.45) is 4.85. The molecule has 0 saturated heterocycles. The van der Waals surface area contributed by atoms with Crippen molar-refractivity contribution in [3.63, 3.8) is 0 Å². The fourth-order valence-corrected chi connectivity index (χ4v) is 2.35. The Bertz CT molecular complexity index is 460. The van der Waals surface area contributed by atoms with Gasteiger partial charge in [0.25, 0.3) is 0 Å². The lowest BCUT2D eigenvalue weighted by Crippen LogP contribution is -2.11. The van der Waals surface area contributed by atoms with Crippen molar-refractivity contribution < 1.29 is 14.6 Å². The van der Waals surface area contributed by atoms with Crippen molar-refractivity contribution in [2.45, 2.75) is 32.1 Å². The number of ether oxygens (including phenoxy) is 1. The summed E-state index contributed by atoms with van der Waals surface area (Å²) < 4.78 is 4.98. The first-order valence-corrected chi connectivity index (χ1v) is 6.71. The molecule has 5 nitrogen and oxygen atoms in total. The molecule has 0 aliphatic heterocycles. The fraction of sp³-hybridized carbons (Fsp3) is 0.571. The van der Waals surface area contributed by atoms with Crippen molar-refractivity contribution >= 4 is 11.8 Å². The van der Waals surface area contributed by atoms with E-state index < -0.39 is 5.97 Å². The van der Waals surface area contributed by atoms with Gasteiger partial charge in [-0.3, -0.25) is 0 Å². The average molecular weight is 264 g/mol. The summed E-state index contributed by atoms with van der Waals surface area (Å²) in [7, 11) is 1.68. The molecule has 2 rings (SSSR count). The van der Waals surface area contributed by atoms with Gasteiger partial charge in [-0.05, 0) is 43.7 Å². The molecule has 1 aromatic heterocycles. The fourth-order valence-electron chi connectivity index (χ4n) is 2.35. The highest BCUT2D eigenvalue weighted by atomic mass is 16.5. The Balaban J connectivity index is 2.03. The molecule has 0 atom stereocenters. The van der Waals surface area contributed by atoms with Gasteiger partial charge in [-0.15, -0.1) is 0 Å². The van der Waals surface area contributed by atoms with Crippen LogP contribution in [0, 0.1) is 0 Å². The molecule has 0 spiro atoms. The number of nitrogens with zero attached hydrogens (tertiary/aromatic N) is 1. The molecule has 0 bridgehead atoms. The van der Waals surface area contributed by atoms with Crippen molar-refractivity contribution in [3.05, 3.63) is 22.9 Å². The molecular formula is C14H20N2O3. The molecule has 0 aromatic carbocycles. The number of carboxylic acids is 1. The van der Waals surface area contributed by atoms with Gasteiger partial charge in [0, 0.05) is 26.0 Å². The van der Waals surface area contributed by atoms with E-state index >= 15 is 0 Å². The zero-order valence-electron chi connectivity index (χ0n) is 11.2. The normalized spacial score (nSPS) is 13.3. The van der Waals surface area contributed by atoms with Gasteiger partial charge in [0.05, 0.1) is 0 Å². The van der Waals surface area contributed by atoms with Crippen molar-refractivity contribution in [1.29, 1.82) is 0 Å². The topological polar surface area (TPSA) is 71.5 Å². The molecule has 104 valence electrons. The lowest BCUT2D eigenvalue weighted by molar-refractivity contribution is 0.0697. The van der Waals surface area contributed by atoms with E-state index in [2.05, 4.69) is 10.3 Å². The lowest BCUT2D eigenvalue weighted by atomic mass is 10.1. The smallest absolute Gasteiger partial charge is 0.339 e. The number of aromatic carboxylic acids is 1. The van der Waals surface area contributed by atoms with E-state index in [0.29, 0.717) is 5.82 Å². The molecule has 0 fully saturated rings. The molecule has 2 N–H and O–H groups in total. The Morgan fingerprint density at radius 1 is 1.47 bits per heavy atom. The summed E-state index contributed by atoms with van der Waals surface area (Å²) in [5, 5.41) is 12.4. The minimum absolute atomic E-state index is 0.285. The monoisotopic (exact) mass is 264 g/mol. The minimum Gasteiger partial charge on any atom is -0.478 e. The number of rotatable bonds is 7. The third kappa shape index (κ3) is 3.44. The molecular weight excluding hydrogens is 244 g/mol. The quantitative estimate of drug-likeness (QED) is 0.738. The van der Waals surface area contributed by atoms with Crippen LogP contribution in [0.1, 0.15) is 40.9 Å². The lowest BCUT2D eigenvalue weighted by Gasteiger charge is -2.11. The summed E-state index contributed by atoms with van der Waals surface area (Å²) in [4.78, 5) is 15.7. The number of hydrogen-bond acceptors (Lipinski definition) is 4. The number of hydrogen-bond donors (Lipinski definition) is 2. The van der Waals surface area contributed by atoms with Gasteiger partial charge in [-0.1, -0.05) is 0 Å². The molecule has 1 heterocycles. The van der Waals surface area contributed by atoms with Crippen LogP contribution in [-0.2, 0) is 17.6 Å². The first kappa shape index (κ1) is 13.8.